The van der Waals surface area contributed by atoms with Crippen LogP contribution in [0, 0.1) is 11.7 Å². The first kappa shape index (κ1) is 17.2. The summed E-state index contributed by atoms with van der Waals surface area (Å²) in [4.78, 5) is 6.61. The maximum atomic E-state index is 13.3. The molecular formula is C17H24FN3O2S. The molecule has 0 aromatic heterocycles. The summed E-state index contributed by atoms with van der Waals surface area (Å²) in [5.41, 5.74) is 0.881. The third kappa shape index (κ3) is 4.93. The first-order chi connectivity index (χ1) is 11.4. The molecule has 2 fully saturated rings. The van der Waals surface area contributed by atoms with E-state index in [0.29, 0.717) is 25.6 Å². The van der Waals surface area contributed by atoms with Crippen molar-refractivity contribution in [1.82, 2.24) is 10.2 Å². The Balaban J connectivity index is 1.65. The molecule has 3 rings (SSSR count). The average Bonchev–Trinajstić information content (AvgIpc) is 3.26. The van der Waals surface area contributed by atoms with Crippen LogP contribution in [0.3, 0.4) is 0 Å². The maximum absolute atomic E-state index is 13.3. The molecule has 1 heterocycles. The lowest BCUT2D eigenvalue weighted by molar-refractivity contribution is 0.468. The van der Waals surface area contributed by atoms with Crippen LogP contribution in [0.5, 0.6) is 0 Å². The molecule has 0 radical (unpaired) electrons. The van der Waals surface area contributed by atoms with Gasteiger partial charge in [0.2, 0.25) is 0 Å². The highest BCUT2D eigenvalue weighted by atomic mass is 32.2. The Kier molecular flexibility index (Phi) is 5.08. The Morgan fingerprint density at radius 1 is 1.38 bits per heavy atom. The highest BCUT2D eigenvalue weighted by molar-refractivity contribution is 7.91. The van der Waals surface area contributed by atoms with E-state index in [1.54, 1.807) is 6.07 Å². The third-order valence-corrected chi connectivity index (χ3v) is 6.24. The van der Waals surface area contributed by atoms with Crippen LogP contribution in [0.2, 0.25) is 0 Å². The van der Waals surface area contributed by atoms with Crippen LogP contribution >= 0.6 is 0 Å². The van der Waals surface area contributed by atoms with Gasteiger partial charge >= 0.3 is 0 Å². The minimum absolute atomic E-state index is 0.105. The molecule has 0 amide bonds. The fourth-order valence-electron chi connectivity index (χ4n) is 2.90. The average molecular weight is 353 g/mol. The van der Waals surface area contributed by atoms with E-state index in [2.05, 4.69) is 10.3 Å². The van der Waals surface area contributed by atoms with Gasteiger partial charge in [-0.2, -0.15) is 0 Å². The minimum atomic E-state index is -2.87. The molecule has 2 aliphatic rings. The molecule has 7 heteroatoms. The van der Waals surface area contributed by atoms with Crippen LogP contribution in [-0.2, 0) is 16.4 Å². The van der Waals surface area contributed by atoms with Crippen LogP contribution < -0.4 is 5.32 Å². The van der Waals surface area contributed by atoms with Crippen molar-refractivity contribution in [3.8, 4) is 0 Å². The summed E-state index contributed by atoms with van der Waals surface area (Å²) in [5, 5.41) is 3.40. The number of rotatable bonds is 5. The summed E-state index contributed by atoms with van der Waals surface area (Å²) in [7, 11) is -0.951. The number of aliphatic imine (C=N–C) groups is 1. The van der Waals surface area contributed by atoms with Gasteiger partial charge in [0.1, 0.15) is 5.82 Å². The Morgan fingerprint density at radius 3 is 2.79 bits per heavy atom. The van der Waals surface area contributed by atoms with Crippen molar-refractivity contribution in [2.45, 2.75) is 31.8 Å². The molecule has 5 nitrogen and oxygen atoms in total. The molecule has 1 N–H and O–H groups in total. The molecular weight excluding hydrogens is 329 g/mol. The van der Waals surface area contributed by atoms with E-state index < -0.39 is 9.84 Å². The van der Waals surface area contributed by atoms with Gasteiger partial charge in [-0.3, -0.25) is 4.99 Å². The van der Waals surface area contributed by atoms with E-state index >= 15 is 0 Å². The van der Waals surface area contributed by atoms with Crippen molar-refractivity contribution in [2.75, 3.05) is 25.1 Å². The van der Waals surface area contributed by atoms with Gasteiger partial charge < -0.3 is 10.2 Å². The maximum Gasteiger partial charge on any atom is 0.194 e. The topological polar surface area (TPSA) is 61.8 Å². The SMILES string of the molecule is CN(Cc1cccc(F)c1)C(=NCC1CCS(=O)(=O)C1)NC1CC1. The summed E-state index contributed by atoms with van der Waals surface area (Å²) < 4.78 is 36.5. The molecule has 24 heavy (non-hydrogen) atoms. The second kappa shape index (κ2) is 7.09. The Labute approximate surface area is 142 Å². The first-order valence-electron chi connectivity index (χ1n) is 8.38. The number of guanidine groups is 1. The first-order valence-corrected chi connectivity index (χ1v) is 10.2. The second-order valence-corrected chi connectivity index (χ2v) is 9.07. The van der Waals surface area contributed by atoms with E-state index in [1.807, 2.05) is 18.0 Å². The van der Waals surface area contributed by atoms with Crippen molar-refractivity contribution < 1.29 is 12.8 Å². The van der Waals surface area contributed by atoms with Crippen LogP contribution in [0.15, 0.2) is 29.3 Å². The van der Waals surface area contributed by atoms with Crippen molar-refractivity contribution in [2.24, 2.45) is 10.9 Å². The van der Waals surface area contributed by atoms with Gasteiger partial charge in [0.15, 0.2) is 15.8 Å². The van der Waals surface area contributed by atoms with Crippen LogP contribution in [-0.4, -0.2) is 50.4 Å². The largest absolute Gasteiger partial charge is 0.354 e. The summed E-state index contributed by atoms with van der Waals surface area (Å²) in [6, 6.07) is 6.99. The molecule has 0 bridgehead atoms. The molecule has 132 valence electrons. The monoisotopic (exact) mass is 353 g/mol. The zero-order valence-electron chi connectivity index (χ0n) is 13.9. The molecule has 1 saturated heterocycles. The Morgan fingerprint density at radius 2 is 2.17 bits per heavy atom. The summed E-state index contributed by atoms with van der Waals surface area (Å²) in [5.74, 6) is 1.14. The fraction of sp³-hybridized carbons (Fsp3) is 0.588. The molecule has 0 spiro atoms. The van der Waals surface area contributed by atoms with Gasteiger partial charge in [-0.1, -0.05) is 12.1 Å². The van der Waals surface area contributed by atoms with E-state index in [-0.39, 0.29) is 23.2 Å². The fourth-order valence-corrected chi connectivity index (χ4v) is 4.75. The molecule has 1 aromatic rings. The van der Waals surface area contributed by atoms with Crippen molar-refractivity contribution in [3.05, 3.63) is 35.6 Å². The molecule has 1 atom stereocenters. The normalized spacial score (nSPS) is 23.2. The number of nitrogens with one attached hydrogen (secondary N) is 1. The zero-order chi connectivity index (χ0) is 17.2. The third-order valence-electron chi connectivity index (χ3n) is 4.41. The van der Waals surface area contributed by atoms with E-state index in [9.17, 15) is 12.8 Å². The zero-order valence-corrected chi connectivity index (χ0v) is 14.7. The van der Waals surface area contributed by atoms with Crippen molar-refractivity contribution in [3.63, 3.8) is 0 Å². The van der Waals surface area contributed by atoms with Crippen molar-refractivity contribution in [1.29, 1.82) is 0 Å². The highest BCUT2D eigenvalue weighted by Crippen LogP contribution is 2.21. The van der Waals surface area contributed by atoms with E-state index in [4.69, 9.17) is 0 Å². The van der Waals surface area contributed by atoms with Gasteiger partial charge in [0.25, 0.3) is 0 Å². The van der Waals surface area contributed by atoms with Crippen LogP contribution in [0.4, 0.5) is 4.39 Å². The molecule has 1 aliphatic heterocycles. The smallest absolute Gasteiger partial charge is 0.194 e. The van der Waals surface area contributed by atoms with E-state index in [0.717, 1.165) is 24.4 Å². The van der Waals surface area contributed by atoms with Gasteiger partial charge in [-0.15, -0.1) is 0 Å². The number of nitrogens with zero attached hydrogens (tertiary/aromatic N) is 2. The summed E-state index contributed by atoms with van der Waals surface area (Å²) in [6.45, 7) is 1.07. The Bertz CT molecular complexity index is 716. The number of halogens is 1. The van der Waals surface area contributed by atoms with Crippen molar-refractivity contribution >= 4 is 15.8 Å². The number of hydrogen-bond donors (Lipinski definition) is 1. The quantitative estimate of drug-likeness (QED) is 0.648. The highest BCUT2D eigenvalue weighted by Gasteiger charge is 2.28. The summed E-state index contributed by atoms with van der Waals surface area (Å²) >= 11 is 0. The number of hydrogen-bond acceptors (Lipinski definition) is 3. The molecule has 1 saturated carbocycles. The molecule has 1 unspecified atom stereocenters. The Hall–Kier alpha value is -1.63. The minimum Gasteiger partial charge on any atom is -0.354 e. The van der Waals surface area contributed by atoms with Crippen LogP contribution in [0.1, 0.15) is 24.8 Å². The molecule has 1 aromatic carbocycles. The van der Waals surface area contributed by atoms with Gasteiger partial charge in [0, 0.05) is 26.2 Å². The predicted octanol–water partition coefficient (Wildman–Crippen LogP) is 1.80. The number of benzene rings is 1. The lowest BCUT2D eigenvalue weighted by Crippen LogP contribution is -2.40. The predicted molar refractivity (Wildman–Crippen MR) is 93.1 cm³/mol. The van der Waals surface area contributed by atoms with E-state index in [1.165, 1.54) is 12.1 Å². The van der Waals surface area contributed by atoms with Gasteiger partial charge in [-0.05, 0) is 42.9 Å². The summed E-state index contributed by atoms with van der Waals surface area (Å²) in [6.07, 6.45) is 2.95. The number of sulfone groups is 1. The van der Waals surface area contributed by atoms with Gasteiger partial charge in [-0.25, -0.2) is 12.8 Å². The second-order valence-electron chi connectivity index (χ2n) is 6.84. The van der Waals surface area contributed by atoms with Gasteiger partial charge in [0.05, 0.1) is 11.5 Å². The van der Waals surface area contributed by atoms with Crippen LogP contribution in [0.25, 0.3) is 0 Å². The lowest BCUT2D eigenvalue weighted by atomic mass is 10.1. The standard InChI is InChI=1S/C17H24FN3O2S/c1-21(11-13-3-2-4-15(18)9-13)17(20-16-5-6-16)19-10-14-7-8-24(22,23)12-14/h2-4,9,14,16H,5-8,10-12H2,1H3,(H,19,20). The molecule has 1 aliphatic carbocycles. The lowest BCUT2D eigenvalue weighted by Gasteiger charge is -2.23.